The van der Waals surface area contributed by atoms with Crippen molar-refractivity contribution in [2.45, 2.75) is 11.0 Å². The fraction of sp³-hybridized carbons (Fsp3) is 0.455. The van der Waals surface area contributed by atoms with Crippen LogP contribution >= 0.6 is 12.4 Å². The Labute approximate surface area is 113 Å². The van der Waals surface area contributed by atoms with Gasteiger partial charge in [-0.2, -0.15) is 4.31 Å². The molecule has 1 aliphatic heterocycles. The maximum atomic E-state index is 12.3. The average Bonchev–Trinajstić information content (AvgIpc) is 2.40. The maximum Gasteiger partial charge on any atom is 0.243 e. The van der Waals surface area contributed by atoms with Crippen LogP contribution in [-0.4, -0.2) is 45.1 Å². The van der Waals surface area contributed by atoms with Gasteiger partial charge in [0, 0.05) is 19.6 Å². The molecule has 1 heterocycles. The molecule has 0 bridgehead atoms. The summed E-state index contributed by atoms with van der Waals surface area (Å²) in [4.78, 5) is 0.317. The molecule has 5 nitrogen and oxygen atoms in total. The van der Waals surface area contributed by atoms with Gasteiger partial charge in [-0.05, 0) is 12.1 Å². The van der Waals surface area contributed by atoms with E-state index in [1.807, 2.05) is 0 Å². The second kappa shape index (κ2) is 6.49. The van der Waals surface area contributed by atoms with E-state index in [0.717, 1.165) is 0 Å². The Morgan fingerprint density at radius 2 is 2.00 bits per heavy atom. The van der Waals surface area contributed by atoms with Crippen molar-refractivity contribution in [1.29, 1.82) is 0 Å². The molecule has 0 amide bonds. The van der Waals surface area contributed by atoms with Crippen LogP contribution in [0, 0.1) is 0 Å². The number of sulfonamides is 1. The van der Waals surface area contributed by atoms with Gasteiger partial charge in [0.15, 0.2) is 0 Å². The lowest BCUT2D eigenvalue weighted by atomic mass is 10.3. The first-order valence-corrected chi connectivity index (χ1v) is 6.95. The van der Waals surface area contributed by atoms with Crippen LogP contribution in [0.15, 0.2) is 35.2 Å². The first kappa shape index (κ1) is 15.4. The second-order valence-corrected chi connectivity index (χ2v) is 5.84. The van der Waals surface area contributed by atoms with Crippen molar-refractivity contribution in [1.82, 2.24) is 4.31 Å². The summed E-state index contributed by atoms with van der Waals surface area (Å²) in [5.74, 6) is 0. The van der Waals surface area contributed by atoms with Crippen LogP contribution in [0.1, 0.15) is 0 Å². The minimum absolute atomic E-state index is 0. The number of hydrogen-bond donors (Lipinski definition) is 1. The molecular formula is C11H17ClN2O3S. The largest absolute Gasteiger partial charge is 0.374 e. The van der Waals surface area contributed by atoms with Crippen LogP contribution < -0.4 is 5.73 Å². The van der Waals surface area contributed by atoms with Gasteiger partial charge in [0.05, 0.1) is 17.6 Å². The van der Waals surface area contributed by atoms with Gasteiger partial charge in [0.25, 0.3) is 0 Å². The fourth-order valence-electron chi connectivity index (χ4n) is 1.79. The number of ether oxygens (including phenoxy) is 1. The first-order valence-electron chi connectivity index (χ1n) is 5.51. The van der Waals surface area contributed by atoms with Crippen LogP contribution in [0.25, 0.3) is 0 Å². The fourth-order valence-corrected chi connectivity index (χ4v) is 3.27. The van der Waals surface area contributed by atoms with Crippen molar-refractivity contribution >= 4 is 22.4 Å². The van der Waals surface area contributed by atoms with Crippen molar-refractivity contribution in [3.05, 3.63) is 30.3 Å². The summed E-state index contributed by atoms with van der Waals surface area (Å²) >= 11 is 0. The Kier molecular flexibility index (Phi) is 5.55. The number of rotatable bonds is 3. The third-order valence-corrected chi connectivity index (χ3v) is 4.62. The lowest BCUT2D eigenvalue weighted by Gasteiger charge is -2.31. The number of nitrogens with two attached hydrogens (primary N) is 1. The van der Waals surface area contributed by atoms with Gasteiger partial charge in [0.1, 0.15) is 0 Å². The van der Waals surface area contributed by atoms with Crippen molar-refractivity contribution in [2.24, 2.45) is 5.73 Å². The molecule has 102 valence electrons. The Morgan fingerprint density at radius 3 is 2.61 bits per heavy atom. The Bertz CT molecular complexity index is 466. The van der Waals surface area contributed by atoms with Crippen LogP contribution in [0.3, 0.4) is 0 Å². The van der Waals surface area contributed by atoms with Gasteiger partial charge < -0.3 is 10.5 Å². The molecule has 1 aromatic rings. The van der Waals surface area contributed by atoms with Crippen LogP contribution in [0.2, 0.25) is 0 Å². The Hall–Kier alpha value is -0.660. The third-order valence-electron chi connectivity index (χ3n) is 2.75. The Morgan fingerprint density at radius 1 is 1.33 bits per heavy atom. The minimum Gasteiger partial charge on any atom is -0.374 e. The average molecular weight is 293 g/mol. The smallest absolute Gasteiger partial charge is 0.243 e. The normalized spacial score (nSPS) is 21.3. The number of nitrogens with zero attached hydrogens (tertiary/aromatic N) is 1. The summed E-state index contributed by atoms with van der Waals surface area (Å²) in [6.45, 7) is 1.44. The highest BCUT2D eigenvalue weighted by Gasteiger charge is 2.29. The van der Waals surface area contributed by atoms with Gasteiger partial charge in [0.2, 0.25) is 10.0 Å². The minimum atomic E-state index is -3.41. The number of morpholine rings is 1. The van der Waals surface area contributed by atoms with E-state index in [4.69, 9.17) is 10.5 Å². The Balaban J connectivity index is 0.00000162. The molecular weight excluding hydrogens is 276 g/mol. The molecule has 0 radical (unpaired) electrons. The van der Waals surface area contributed by atoms with E-state index in [2.05, 4.69) is 0 Å². The second-order valence-electron chi connectivity index (χ2n) is 3.90. The topological polar surface area (TPSA) is 72.6 Å². The van der Waals surface area contributed by atoms with Crippen molar-refractivity contribution in [3.8, 4) is 0 Å². The van der Waals surface area contributed by atoms with E-state index >= 15 is 0 Å². The molecule has 1 fully saturated rings. The molecule has 7 heteroatoms. The molecule has 1 saturated heterocycles. The van der Waals surface area contributed by atoms with E-state index in [9.17, 15) is 8.42 Å². The SMILES string of the molecule is Cl.NCC1CN(S(=O)(=O)c2ccccc2)CCO1. The quantitative estimate of drug-likeness (QED) is 0.878. The molecule has 1 atom stereocenters. The van der Waals surface area contributed by atoms with E-state index in [0.29, 0.717) is 31.1 Å². The molecule has 0 aromatic heterocycles. The molecule has 0 spiro atoms. The van der Waals surface area contributed by atoms with Gasteiger partial charge in [-0.1, -0.05) is 18.2 Å². The molecule has 1 aromatic carbocycles. The summed E-state index contributed by atoms with van der Waals surface area (Å²) in [5, 5.41) is 0. The summed E-state index contributed by atoms with van der Waals surface area (Å²) in [6, 6.07) is 8.42. The predicted octanol–water partition coefficient (Wildman–Crippen LogP) is 0.457. The van der Waals surface area contributed by atoms with Crippen molar-refractivity contribution in [3.63, 3.8) is 0 Å². The lowest BCUT2D eigenvalue weighted by Crippen LogP contribution is -2.48. The van der Waals surface area contributed by atoms with E-state index < -0.39 is 10.0 Å². The summed E-state index contributed by atoms with van der Waals surface area (Å²) in [6.07, 6.45) is -0.206. The lowest BCUT2D eigenvalue weighted by molar-refractivity contribution is 0.00450. The van der Waals surface area contributed by atoms with Gasteiger partial charge in [-0.3, -0.25) is 0 Å². The number of halogens is 1. The monoisotopic (exact) mass is 292 g/mol. The number of hydrogen-bond acceptors (Lipinski definition) is 4. The predicted molar refractivity (Wildman–Crippen MR) is 71.2 cm³/mol. The standard InChI is InChI=1S/C11H16N2O3S.ClH/c12-8-10-9-13(6-7-16-10)17(14,15)11-4-2-1-3-5-11;/h1-5,10H,6-9,12H2;1H. The van der Waals surface area contributed by atoms with E-state index in [1.165, 1.54) is 4.31 Å². The molecule has 2 rings (SSSR count). The highest BCUT2D eigenvalue weighted by atomic mass is 35.5. The summed E-state index contributed by atoms with van der Waals surface area (Å²) < 4.78 is 31.3. The van der Waals surface area contributed by atoms with Gasteiger partial charge >= 0.3 is 0 Å². The maximum absolute atomic E-state index is 12.3. The first-order chi connectivity index (χ1) is 8.14. The molecule has 1 aliphatic rings. The zero-order chi connectivity index (χ0) is 12.3. The summed E-state index contributed by atoms with van der Waals surface area (Å²) in [7, 11) is -3.41. The summed E-state index contributed by atoms with van der Waals surface area (Å²) in [5.41, 5.74) is 5.50. The van der Waals surface area contributed by atoms with Crippen molar-refractivity contribution < 1.29 is 13.2 Å². The molecule has 18 heavy (non-hydrogen) atoms. The van der Waals surface area contributed by atoms with Crippen molar-refractivity contribution in [2.75, 3.05) is 26.2 Å². The highest BCUT2D eigenvalue weighted by Crippen LogP contribution is 2.17. The molecule has 0 aliphatic carbocycles. The van der Waals surface area contributed by atoms with Gasteiger partial charge in [-0.25, -0.2) is 8.42 Å². The molecule has 2 N–H and O–H groups in total. The third kappa shape index (κ3) is 3.21. The van der Waals surface area contributed by atoms with Crippen LogP contribution in [0.4, 0.5) is 0 Å². The highest BCUT2D eigenvalue weighted by molar-refractivity contribution is 7.89. The molecule has 0 saturated carbocycles. The molecule has 1 unspecified atom stereocenters. The zero-order valence-corrected chi connectivity index (χ0v) is 11.5. The van der Waals surface area contributed by atoms with Crippen LogP contribution in [0.5, 0.6) is 0 Å². The van der Waals surface area contributed by atoms with Gasteiger partial charge in [-0.15, -0.1) is 12.4 Å². The zero-order valence-electron chi connectivity index (χ0n) is 9.86. The van der Waals surface area contributed by atoms with Crippen LogP contribution in [-0.2, 0) is 14.8 Å². The van der Waals surface area contributed by atoms with E-state index in [1.54, 1.807) is 30.3 Å². The number of benzene rings is 1. The van der Waals surface area contributed by atoms with E-state index in [-0.39, 0.29) is 18.5 Å².